The molecule has 1 aromatic heterocycles. The minimum Gasteiger partial charge on any atom is -0.485 e. The van der Waals surface area contributed by atoms with Gasteiger partial charge in [-0.15, -0.1) is 0 Å². The Labute approximate surface area is 93.8 Å². The number of nitrogens with one attached hydrogen (secondary N) is 1. The van der Waals surface area contributed by atoms with Gasteiger partial charge in [0.2, 0.25) is 0 Å². The Hall–Kier alpha value is -1.78. The van der Waals surface area contributed by atoms with Gasteiger partial charge in [-0.05, 0) is 12.8 Å². The molecular formula is C11H14N2O3. The molecule has 1 heterocycles. The van der Waals surface area contributed by atoms with Crippen molar-refractivity contribution < 1.29 is 14.3 Å². The van der Waals surface area contributed by atoms with Crippen molar-refractivity contribution >= 4 is 5.91 Å². The van der Waals surface area contributed by atoms with Gasteiger partial charge in [0.1, 0.15) is 0 Å². The van der Waals surface area contributed by atoms with E-state index in [9.17, 15) is 4.79 Å². The summed E-state index contributed by atoms with van der Waals surface area (Å²) in [6.07, 6.45) is 3.81. The monoisotopic (exact) mass is 222 g/mol. The molecule has 1 aromatic rings. The molecule has 2 rings (SSSR count). The Kier molecular flexibility index (Phi) is 2.94. The highest BCUT2D eigenvalue weighted by atomic mass is 16.5. The molecule has 1 aliphatic carbocycles. The molecule has 0 aromatic carbocycles. The zero-order valence-electron chi connectivity index (χ0n) is 9.32. The van der Waals surface area contributed by atoms with Crippen molar-refractivity contribution in [3.63, 3.8) is 0 Å². The lowest BCUT2D eigenvalue weighted by molar-refractivity contribution is 0.0962. The van der Waals surface area contributed by atoms with Crippen LogP contribution in [0.25, 0.3) is 0 Å². The van der Waals surface area contributed by atoms with E-state index in [1.807, 2.05) is 0 Å². The first-order valence-electron chi connectivity index (χ1n) is 5.17. The van der Waals surface area contributed by atoms with E-state index in [1.54, 1.807) is 13.1 Å². The van der Waals surface area contributed by atoms with Crippen molar-refractivity contribution in [2.75, 3.05) is 14.2 Å². The van der Waals surface area contributed by atoms with Gasteiger partial charge in [-0.3, -0.25) is 4.79 Å². The fourth-order valence-corrected chi connectivity index (χ4v) is 1.30. The lowest BCUT2D eigenvalue weighted by Crippen LogP contribution is -2.18. The molecular weight excluding hydrogens is 208 g/mol. The van der Waals surface area contributed by atoms with Crippen LogP contribution in [0.3, 0.4) is 0 Å². The zero-order chi connectivity index (χ0) is 11.5. The van der Waals surface area contributed by atoms with E-state index >= 15 is 0 Å². The molecule has 1 aliphatic rings. The lowest BCUT2D eigenvalue weighted by Gasteiger charge is -2.09. The standard InChI is InChI=1S/C11H14N2O3/c1-12-10(14)7-5-9(16-8-3-4-8)11(15-2)13-6-7/h5-6,8H,3-4H2,1-2H3,(H,12,14). The van der Waals surface area contributed by atoms with Crippen LogP contribution in [0, 0.1) is 0 Å². The van der Waals surface area contributed by atoms with Crippen molar-refractivity contribution in [3.8, 4) is 11.6 Å². The van der Waals surface area contributed by atoms with E-state index in [0.29, 0.717) is 17.2 Å². The van der Waals surface area contributed by atoms with Crippen molar-refractivity contribution in [3.05, 3.63) is 17.8 Å². The second kappa shape index (κ2) is 4.38. The molecule has 0 bridgehead atoms. The minimum absolute atomic E-state index is 0.184. The van der Waals surface area contributed by atoms with Crippen LogP contribution in [0.1, 0.15) is 23.2 Å². The average Bonchev–Trinajstić information content (AvgIpc) is 3.12. The molecule has 1 N–H and O–H groups in total. The van der Waals surface area contributed by atoms with Crippen LogP contribution >= 0.6 is 0 Å². The summed E-state index contributed by atoms with van der Waals surface area (Å²) in [7, 11) is 3.11. The number of hydrogen-bond donors (Lipinski definition) is 1. The summed E-state index contributed by atoms with van der Waals surface area (Å²) in [6.45, 7) is 0. The summed E-state index contributed by atoms with van der Waals surface area (Å²) in [5.41, 5.74) is 0.471. The highest BCUT2D eigenvalue weighted by Crippen LogP contribution is 2.32. The number of methoxy groups -OCH3 is 1. The topological polar surface area (TPSA) is 60.5 Å². The number of carbonyl (C=O) groups is 1. The SMILES string of the molecule is CNC(=O)c1cnc(OC)c(OC2CC2)c1. The number of carbonyl (C=O) groups excluding carboxylic acids is 1. The summed E-state index contributed by atoms with van der Waals surface area (Å²) in [6, 6.07) is 1.66. The molecule has 1 saturated carbocycles. The normalized spacial score (nSPS) is 14.4. The summed E-state index contributed by atoms with van der Waals surface area (Å²) >= 11 is 0. The fourth-order valence-electron chi connectivity index (χ4n) is 1.30. The predicted molar refractivity (Wildman–Crippen MR) is 57.8 cm³/mol. The third-order valence-electron chi connectivity index (χ3n) is 2.32. The molecule has 16 heavy (non-hydrogen) atoms. The number of aromatic nitrogens is 1. The number of hydrogen-bond acceptors (Lipinski definition) is 4. The smallest absolute Gasteiger partial charge is 0.256 e. The quantitative estimate of drug-likeness (QED) is 0.825. The van der Waals surface area contributed by atoms with Crippen LogP contribution in [0.15, 0.2) is 12.3 Å². The molecule has 0 atom stereocenters. The second-order valence-electron chi connectivity index (χ2n) is 3.63. The second-order valence-corrected chi connectivity index (χ2v) is 3.63. The van der Waals surface area contributed by atoms with Crippen LogP contribution in [-0.4, -0.2) is 31.2 Å². The maximum Gasteiger partial charge on any atom is 0.256 e. The molecule has 5 heteroatoms. The first kappa shape index (κ1) is 10.7. The van der Waals surface area contributed by atoms with Gasteiger partial charge in [0.25, 0.3) is 11.8 Å². The van der Waals surface area contributed by atoms with E-state index in [-0.39, 0.29) is 12.0 Å². The molecule has 0 spiro atoms. The summed E-state index contributed by atoms with van der Waals surface area (Å²) in [4.78, 5) is 15.5. The Balaban J connectivity index is 2.25. The number of pyridine rings is 1. The number of nitrogens with zero attached hydrogens (tertiary/aromatic N) is 1. The Morgan fingerprint density at radius 1 is 1.56 bits per heavy atom. The lowest BCUT2D eigenvalue weighted by atomic mass is 10.2. The van der Waals surface area contributed by atoms with Crippen molar-refractivity contribution in [1.82, 2.24) is 10.3 Å². The van der Waals surface area contributed by atoms with E-state index < -0.39 is 0 Å². The van der Waals surface area contributed by atoms with Gasteiger partial charge in [-0.1, -0.05) is 0 Å². The minimum atomic E-state index is -0.184. The first-order chi connectivity index (χ1) is 7.74. The average molecular weight is 222 g/mol. The zero-order valence-corrected chi connectivity index (χ0v) is 9.32. The molecule has 86 valence electrons. The highest BCUT2D eigenvalue weighted by molar-refractivity contribution is 5.94. The van der Waals surface area contributed by atoms with Gasteiger partial charge in [-0.25, -0.2) is 4.98 Å². The van der Waals surface area contributed by atoms with Gasteiger partial charge >= 0.3 is 0 Å². The first-order valence-corrected chi connectivity index (χ1v) is 5.17. The maximum absolute atomic E-state index is 11.4. The number of amides is 1. The van der Waals surface area contributed by atoms with Crippen LogP contribution in [0.2, 0.25) is 0 Å². The highest BCUT2D eigenvalue weighted by Gasteiger charge is 2.25. The maximum atomic E-state index is 11.4. The van der Waals surface area contributed by atoms with Gasteiger partial charge in [0, 0.05) is 19.3 Å². The predicted octanol–water partition coefficient (Wildman–Crippen LogP) is 0.991. The molecule has 0 saturated heterocycles. The molecule has 0 unspecified atom stereocenters. The molecule has 0 aliphatic heterocycles. The van der Waals surface area contributed by atoms with E-state index in [0.717, 1.165) is 12.8 Å². The summed E-state index contributed by atoms with van der Waals surface area (Å²) in [5, 5.41) is 2.54. The molecule has 1 amide bonds. The molecule has 0 radical (unpaired) electrons. The summed E-state index contributed by atoms with van der Waals surface area (Å²) < 4.78 is 10.7. The van der Waals surface area contributed by atoms with Gasteiger partial charge in [0.05, 0.1) is 18.8 Å². The largest absolute Gasteiger partial charge is 0.485 e. The number of rotatable bonds is 4. The van der Waals surface area contributed by atoms with Gasteiger partial charge in [-0.2, -0.15) is 0 Å². The number of ether oxygens (including phenoxy) is 2. The third kappa shape index (κ3) is 2.24. The Morgan fingerprint density at radius 3 is 2.88 bits per heavy atom. The Morgan fingerprint density at radius 2 is 2.31 bits per heavy atom. The van der Waals surface area contributed by atoms with E-state index in [1.165, 1.54) is 13.3 Å². The van der Waals surface area contributed by atoms with Crippen LogP contribution in [0.4, 0.5) is 0 Å². The van der Waals surface area contributed by atoms with Crippen molar-refractivity contribution in [2.24, 2.45) is 0 Å². The molecule has 1 fully saturated rings. The fraction of sp³-hybridized carbons (Fsp3) is 0.455. The third-order valence-corrected chi connectivity index (χ3v) is 2.32. The van der Waals surface area contributed by atoms with Crippen molar-refractivity contribution in [2.45, 2.75) is 18.9 Å². The van der Waals surface area contributed by atoms with Crippen LogP contribution in [-0.2, 0) is 0 Å². The van der Waals surface area contributed by atoms with Gasteiger partial charge in [0.15, 0.2) is 5.75 Å². The van der Waals surface area contributed by atoms with E-state index in [2.05, 4.69) is 10.3 Å². The molecule has 5 nitrogen and oxygen atoms in total. The van der Waals surface area contributed by atoms with Crippen LogP contribution in [0.5, 0.6) is 11.6 Å². The van der Waals surface area contributed by atoms with Crippen molar-refractivity contribution in [1.29, 1.82) is 0 Å². The van der Waals surface area contributed by atoms with Gasteiger partial charge < -0.3 is 14.8 Å². The summed E-state index contributed by atoms with van der Waals surface area (Å²) in [5.74, 6) is 0.765. The van der Waals surface area contributed by atoms with E-state index in [4.69, 9.17) is 9.47 Å². The van der Waals surface area contributed by atoms with Crippen LogP contribution < -0.4 is 14.8 Å². The Bertz CT molecular complexity index is 402.